The molecule has 1 fully saturated rings. The molecule has 0 radical (unpaired) electrons. The first-order valence-corrected chi connectivity index (χ1v) is 9.90. The Bertz CT molecular complexity index is 1070. The molecule has 2 atom stereocenters. The maximum Gasteiger partial charge on any atom is 0.186 e. The lowest BCUT2D eigenvalue weighted by molar-refractivity contribution is 0.625. The van der Waals surface area contributed by atoms with Crippen molar-refractivity contribution in [2.75, 3.05) is 11.4 Å². The van der Waals surface area contributed by atoms with E-state index in [9.17, 15) is 4.39 Å². The number of anilines is 1. The highest BCUT2D eigenvalue weighted by Crippen LogP contribution is 2.34. The number of hydrogen-bond donors (Lipinski definition) is 0. The smallest absolute Gasteiger partial charge is 0.186 e. The lowest BCUT2D eigenvalue weighted by atomic mass is 9.97. The van der Waals surface area contributed by atoms with Gasteiger partial charge in [-0.15, -0.1) is 15.3 Å². The third-order valence-electron chi connectivity index (χ3n) is 5.24. The lowest BCUT2D eigenvalue weighted by Gasteiger charge is -2.22. The number of halogens is 1. The highest BCUT2D eigenvalue weighted by molar-refractivity contribution is 7.08. The van der Waals surface area contributed by atoms with Crippen LogP contribution >= 0.6 is 11.3 Å². The zero-order valence-electron chi connectivity index (χ0n) is 14.8. The number of aromatic nitrogens is 4. The molecular formula is C20H18FN5S. The van der Waals surface area contributed by atoms with E-state index in [0.29, 0.717) is 12.0 Å². The van der Waals surface area contributed by atoms with Crippen molar-refractivity contribution >= 4 is 22.8 Å². The highest BCUT2D eigenvalue weighted by atomic mass is 32.1. The van der Waals surface area contributed by atoms with Gasteiger partial charge in [-0.3, -0.25) is 0 Å². The van der Waals surface area contributed by atoms with E-state index in [-0.39, 0.29) is 5.82 Å². The molecule has 0 amide bonds. The fourth-order valence-electron chi connectivity index (χ4n) is 3.83. The molecule has 0 spiro atoms. The summed E-state index contributed by atoms with van der Waals surface area (Å²) in [4.78, 5) is 2.31. The van der Waals surface area contributed by atoms with Crippen molar-refractivity contribution < 1.29 is 4.39 Å². The summed E-state index contributed by atoms with van der Waals surface area (Å²) in [5.41, 5.74) is 2.94. The summed E-state index contributed by atoms with van der Waals surface area (Å²) in [6, 6.07) is 13.2. The van der Waals surface area contributed by atoms with Crippen LogP contribution in [0.25, 0.3) is 17.0 Å². The van der Waals surface area contributed by atoms with Gasteiger partial charge in [0.25, 0.3) is 0 Å². The van der Waals surface area contributed by atoms with Gasteiger partial charge in [0.15, 0.2) is 11.5 Å². The number of rotatable bonds is 3. The van der Waals surface area contributed by atoms with Gasteiger partial charge in [0.2, 0.25) is 0 Å². The van der Waals surface area contributed by atoms with Crippen LogP contribution in [0.5, 0.6) is 0 Å². The van der Waals surface area contributed by atoms with Gasteiger partial charge in [-0.25, -0.2) is 4.39 Å². The molecule has 5 nitrogen and oxygen atoms in total. The molecule has 1 aromatic carbocycles. The van der Waals surface area contributed by atoms with Gasteiger partial charge in [-0.1, -0.05) is 12.1 Å². The molecular weight excluding hydrogens is 361 g/mol. The Kier molecular flexibility index (Phi) is 3.89. The normalized spacial score (nSPS) is 19.9. The number of benzene rings is 1. The van der Waals surface area contributed by atoms with Gasteiger partial charge < -0.3 is 4.90 Å². The number of thiophene rings is 1. The van der Waals surface area contributed by atoms with Crippen LogP contribution in [0.3, 0.4) is 0 Å². The maximum atomic E-state index is 13.2. The van der Waals surface area contributed by atoms with Crippen LogP contribution in [0.4, 0.5) is 10.2 Å². The van der Waals surface area contributed by atoms with E-state index >= 15 is 0 Å². The fourth-order valence-corrected chi connectivity index (χ4v) is 4.47. The molecule has 0 N–H and O–H groups in total. The number of fused-ring (bicyclic) bond motifs is 1. The van der Waals surface area contributed by atoms with Gasteiger partial charge in [-0.05, 0) is 54.6 Å². The molecule has 5 rings (SSSR count). The average Bonchev–Trinajstić information content (AvgIpc) is 3.40. The largest absolute Gasteiger partial charge is 0.352 e. The van der Waals surface area contributed by atoms with E-state index in [2.05, 4.69) is 22.0 Å². The summed E-state index contributed by atoms with van der Waals surface area (Å²) in [6.07, 6.45) is 1.02. The van der Waals surface area contributed by atoms with Gasteiger partial charge in [0.05, 0.1) is 0 Å². The van der Waals surface area contributed by atoms with Crippen molar-refractivity contribution in [3.05, 3.63) is 64.6 Å². The molecule has 4 aromatic rings. The third kappa shape index (κ3) is 2.88. The Morgan fingerprint density at radius 2 is 1.93 bits per heavy atom. The second-order valence-corrected chi connectivity index (χ2v) is 7.76. The Hall–Kier alpha value is -2.80. The summed E-state index contributed by atoms with van der Waals surface area (Å²) in [6.45, 7) is 3.07. The van der Waals surface area contributed by atoms with Crippen molar-refractivity contribution in [1.29, 1.82) is 0 Å². The molecule has 2 unspecified atom stereocenters. The Morgan fingerprint density at radius 1 is 1.07 bits per heavy atom. The Labute approximate surface area is 160 Å². The van der Waals surface area contributed by atoms with E-state index in [1.165, 1.54) is 17.7 Å². The summed E-state index contributed by atoms with van der Waals surface area (Å²) in [7, 11) is 0. The minimum Gasteiger partial charge on any atom is -0.352 e. The first-order chi connectivity index (χ1) is 13.2. The van der Waals surface area contributed by atoms with Crippen LogP contribution in [0, 0.1) is 5.82 Å². The van der Waals surface area contributed by atoms with Crippen LogP contribution in [-0.2, 0) is 0 Å². The van der Waals surface area contributed by atoms with Crippen molar-refractivity contribution in [3.63, 3.8) is 0 Å². The predicted molar refractivity (Wildman–Crippen MR) is 105 cm³/mol. The van der Waals surface area contributed by atoms with E-state index in [0.717, 1.165) is 35.8 Å². The first-order valence-electron chi connectivity index (χ1n) is 8.96. The van der Waals surface area contributed by atoms with Crippen LogP contribution < -0.4 is 4.90 Å². The fraction of sp³-hybridized carbons (Fsp3) is 0.250. The molecule has 1 saturated heterocycles. The van der Waals surface area contributed by atoms with Crippen LogP contribution in [0.15, 0.2) is 53.2 Å². The molecule has 1 aliphatic heterocycles. The zero-order valence-corrected chi connectivity index (χ0v) is 15.6. The van der Waals surface area contributed by atoms with Crippen LogP contribution in [0.1, 0.15) is 24.8 Å². The molecule has 1 aliphatic rings. The van der Waals surface area contributed by atoms with Gasteiger partial charge >= 0.3 is 0 Å². The third-order valence-corrected chi connectivity index (χ3v) is 5.92. The summed E-state index contributed by atoms with van der Waals surface area (Å²) in [5, 5.41) is 17.4. The first kappa shape index (κ1) is 16.4. The van der Waals surface area contributed by atoms with Crippen molar-refractivity contribution in [3.8, 4) is 11.4 Å². The van der Waals surface area contributed by atoms with Crippen molar-refractivity contribution in [2.24, 2.45) is 0 Å². The lowest BCUT2D eigenvalue weighted by Crippen LogP contribution is -2.28. The Balaban J connectivity index is 1.48. The van der Waals surface area contributed by atoms with E-state index in [4.69, 9.17) is 5.10 Å². The monoisotopic (exact) mass is 379 g/mol. The number of hydrogen-bond acceptors (Lipinski definition) is 5. The van der Waals surface area contributed by atoms with Gasteiger partial charge in [0.1, 0.15) is 11.6 Å². The zero-order chi connectivity index (χ0) is 18.4. The second kappa shape index (κ2) is 6.42. The topological polar surface area (TPSA) is 46.3 Å². The highest BCUT2D eigenvalue weighted by Gasteiger charge is 2.31. The molecule has 3 aromatic heterocycles. The predicted octanol–water partition coefficient (Wildman–Crippen LogP) is 4.37. The van der Waals surface area contributed by atoms with Crippen molar-refractivity contribution in [2.45, 2.75) is 25.3 Å². The molecule has 0 bridgehead atoms. The SMILES string of the molecule is CC1CC(c2ccc(F)cc2)CN1c1ccc2nnc(-c3ccsc3)n2n1. The van der Waals surface area contributed by atoms with E-state index < -0.39 is 0 Å². The summed E-state index contributed by atoms with van der Waals surface area (Å²) in [5.74, 6) is 1.85. The van der Waals surface area contributed by atoms with E-state index in [1.807, 2.05) is 45.6 Å². The van der Waals surface area contributed by atoms with Crippen molar-refractivity contribution in [1.82, 2.24) is 19.8 Å². The quantitative estimate of drug-likeness (QED) is 0.530. The number of nitrogens with zero attached hydrogens (tertiary/aromatic N) is 5. The molecule has 27 heavy (non-hydrogen) atoms. The standard InChI is InChI=1S/C20H18FN5S/c1-13-10-16(14-2-4-17(21)5-3-14)11-25(13)19-7-6-18-22-23-20(26(18)24-19)15-8-9-27-12-15/h2-9,12-13,16H,10-11H2,1H3. The minimum atomic E-state index is -0.192. The van der Waals surface area contributed by atoms with Crippen LogP contribution in [0.2, 0.25) is 0 Å². The maximum absolute atomic E-state index is 13.2. The molecule has 7 heteroatoms. The summed E-state index contributed by atoms with van der Waals surface area (Å²) < 4.78 is 15.0. The van der Waals surface area contributed by atoms with Gasteiger partial charge in [-0.2, -0.15) is 15.9 Å². The van der Waals surface area contributed by atoms with Crippen LogP contribution in [-0.4, -0.2) is 32.4 Å². The molecule has 0 saturated carbocycles. The second-order valence-electron chi connectivity index (χ2n) is 6.98. The minimum absolute atomic E-state index is 0.192. The van der Waals surface area contributed by atoms with E-state index in [1.54, 1.807) is 11.3 Å². The molecule has 136 valence electrons. The average molecular weight is 379 g/mol. The molecule has 4 heterocycles. The summed E-state index contributed by atoms with van der Waals surface area (Å²) >= 11 is 1.63. The molecule has 0 aliphatic carbocycles. The Morgan fingerprint density at radius 3 is 2.70 bits per heavy atom. The van der Waals surface area contributed by atoms with Gasteiger partial charge in [0, 0.05) is 29.4 Å².